The summed E-state index contributed by atoms with van der Waals surface area (Å²) in [6.07, 6.45) is 3.94. The average molecular weight is 602 g/mol. The van der Waals surface area contributed by atoms with E-state index in [-0.39, 0.29) is 41.6 Å². The Morgan fingerprint density at radius 2 is 1.98 bits per heavy atom. The van der Waals surface area contributed by atoms with Crippen LogP contribution in [0.1, 0.15) is 57.2 Å². The number of benzene rings is 1. The lowest BCUT2D eigenvalue weighted by Gasteiger charge is -2.40. The van der Waals surface area contributed by atoms with E-state index in [1.54, 1.807) is 29.1 Å². The maximum atomic E-state index is 13.7. The van der Waals surface area contributed by atoms with Crippen molar-refractivity contribution in [3.8, 4) is 16.9 Å². The van der Waals surface area contributed by atoms with Crippen molar-refractivity contribution < 1.29 is 13.6 Å². The van der Waals surface area contributed by atoms with Gasteiger partial charge in [-0.1, -0.05) is 30.2 Å². The molecule has 11 nitrogen and oxygen atoms in total. The highest BCUT2D eigenvalue weighted by Crippen LogP contribution is 2.33. The molecule has 1 amide bonds. The predicted octanol–water partition coefficient (Wildman–Crippen LogP) is 2.77. The van der Waals surface area contributed by atoms with Gasteiger partial charge in [0, 0.05) is 41.2 Å². The van der Waals surface area contributed by atoms with Gasteiger partial charge in [-0.05, 0) is 56.3 Å². The summed E-state index contributed by atoms with van der Waals surface area (Å²) >= 11 is 6.29. The highest BCUT2D eigenvalue weighted by molar-refractivity contribution is 6.31. The molecule has 3 fully saturated rings. The van der Waals surface area contributed by atoms with Crippen LogP contribution in [0.3, 0.4) is 0 Å². The molecule has 3 aliphatic rings. The molecule has 0 spiro atoms. The molecule has 0 radical (unpaired) electrons. The first-order valence-corrected chi connectivity index (χ1v) is 14.8. The Bertz CT molecular complexity index is 1500. The number of nitrogens with one attached hydrogen (secondary N) is 4. The largest absolute Gasteiger partial charge is 0.350 e. The summed E-state index contributed by atoms with van der Waals surface area (Å²) in [5.74, 6) is 0.234. The Morgan fingerprint density at radius 1 is 1.12 bits per heavy atom. The molecule has 0 saturated carbocycles. The number of amides is 1. The van der Waals surface area contributed by atoms with Crippen molar-refractivity contribution in [2.75, 3.05) is 13.1 Å². The SMILES string of the molecule is C[C@@H]1CCC[C@H](n2cnc(-c3cc(Cl)ccc3-n3cc(C(F)F)nn3)cc2=O)C2CC(CCN2)C2NNCC2NC1=O. The number of alkyl halides is 2. The molecule has 224 valence electrons. The number of piperidine rings is 1. The molecule has 3 aliphatic heterocycles. The smallest absolute Gasteiger partial charge is 0.283 e. The molecule has 0 aliphatic carbocycles. The first kappa shape index (κ1) is 28.8. The molecule has 1 aromatic carbocycles. The van der Waals surface area contributed by atoms with Gasteiger partial charge in [0.25, 0.3) is 12.0 Å². The fourth-order valence-corrected chi connectivity index (χ4v) is 6.71. The Kier molecular flexibility index (Phi) is 8.35. The second-order valence-corrected chi connectivity index (χ2v) is 11.9. The van der Waals surface area contributed by atoms with Crippen LogP contribution < -0.4 is 27.0 Å². The summed E-state index contributed by atoms with van der Waals surface area (Å²) in [4.78, 5) is 31.3. The van der Waals surface area contributed by atoms with Crippen LogP contribution in [-0.4, -0.2) is 61.7 Å². The van der Waals surface area contributed by atoms with Crippen LogP contribution in [0.4, 0.5) is 8.78 Å². The van der Waals surface area contributed by atoms with Crippen LogP contribution >= 0.6 is 11.6 Å². The van der Waals surface area contributed by atoms with E-state index in [0.717, 1.165) is 32.0 Å². The number of fused-ring (bicyclic) bond motifs is 4. The monoisotopic (exact) mass is 601 g/mol. The maximum absolute atomic E-state index is 13.7. The lowest BCUT2D eigenvalue weighted by molar-refractivity contribution is -0.125. The number of hydrogen-bond acceptors (Lipinski definition) is 8. The Labute approximate surface area is 246 Å². The molecule has 3 aromatic rings. The summed E-state index contributed by atoms with van der Waals surface area (Å²) in [7, 11) is 0. The molecule has 2 bridgehead atoms. The summed E-state index contributed by atoms with van der Waals surface area (Å²) in [6, 6.07) is 6.32. The van der Waals surface area contributed by atoms with Gasteiger partial charge in [-0.2, -0.15) is 0 Å². The Morgan fingerprint density at radius 3 is 2.76 bits per heavy atom. The number of aromatic nitrogens is 5. The van der Waals surface area contributed by atoms with E-state index in [9.17, 15) is 18.4 Å². The summed E-state index contributed by atoms with van der Waals surface area (Å²) in [5.41, 5.74) is 7.16. The second kappa shape index (κ2) is 12.2. The minimum atomic E-state index is -2.76. The molecule has 14 heteroatoms. The zero-order chi connectivity index (χ0) is 29.4. The molecule has 4 unspecified atom stereocenters. The van der Waals surface area contributed by atoms with Gasteiger partial charge in [0.1, 0.15) is 5.69 Å². The maximum Gasteiger partial charge on any atom is 0.283 e. The van der Waals surface area contributed by atoms with E-state index in [4.69, 9.17) is 11.6 Å². The van der Waals surface area contributed by atoms with E-state index in [1.807, 2.05) is 6.92 Å². The van der Waals surface area contributed by atoms with E-state index >= 15 is 0 Å². The topological polar surface area (TPSA) is 131 Å². The lowest BCUT2D eigenvalue weighted by atomic mass is 9.80. The number of hydrogen-bond donors (Lipinski definition) is 4. The minimum absolute atomic E-state index is 0.0129. The minimum Gasteiger partial charge on any atom is -0.350 e. The molecule has 4 N–H and O–H groups in total. The van der Waals surface area contributed by atoms with Crippen molar-refractivity contribution in [3.63, 3.8) is 0 Å². The quantitative estimate of drug-likeness (QED) is 0.359. The molecule has 6 atom stereocenters. The summed E-state index contributed by atoms with van der Waals surface area (Å²) < 4.78 is 29.3. The standard InChI is InChI=1S/C28H34ClF2N9O2/c1-15-3-2-4-24(20-9-16(7-8-32-20)26-21(12-34-37-26)35-28(15)42)39-14-33-19(11-25(39)41)18-10-17(29)5-6-23(18)40-13-22(27(30)31)36-38-40/h5-6,10-11,13-16,20-21,24,26-27,32,34,37H,2-4,7-9,12H2,1H3,(H,35,42)/t15-,16?,20?,21?,24+,26?/m1/s1. The highest BCUT2D eigenvalue weighted by atomic mass is 35.5. The first-order valence-electron chi connectivity index (χ1n) is 14.4. The van der Waals surface area contributed by atoms with Gasteiger partial charge >= 0.3 is 0 Å². The molecule has 6 rings (SSSR count). The Hall–Kier alpha value is -3.26. The summed E-state index contributed by atoms with van der Waals surface area (Å²) in [5, 5.41) is 14.7. The van der Waals surface area contributed by atoms with Crippen LogP contribution in [0, 0.1) is 11.8 Å². The number of hydrazine groups is 1. The van der Waals surface area contributed by atoms with Crippen molar-refractivity contribution in [2.45, 2.75) is 69.6 Å². The van der Waals surface area contributed by atoms with Crippen molar-refractivity contribution >= 4 is 17.5 Å². The second-order valence-electron chi connectivity index (χ2n) is 11.5. The van der Waals surface area contributed by atoms with Gasteiger partial charge in [-0.25, -0.2) is 18.4 Å². The molecule has 5 heterocycles. The zero-order valence-corrected chi connectivity index (χ0v) is 23.9. The van der Waals surface area contributed by atoms with E-state index < -0.39 is 12.1 Å². The van der Waals surface area contributed by atoms with Crippen LogP contribution in [0.15, 0.2) is 41.6 Å². The van der Waals surface area contributed by atoms with Crippen LogP contribution in [-0.2, 0) is 4.79 Å². The normalized spacial score (nSPS) is 28.5. The van der Waals surface area contributed by atoms with Crippen molar-refractivity contribution in [2.24, 2.45) is 11.8 Å². The molecular formula is C28H34ClF2N9O2. The van der Waals surface area contributed by atoms with Crippen LogP contribution in [0.5, 0.6) is 0 Å². The summed E-state index contributed by atoms with van der Waals surface area (Å²) in [6.45, 7) is 3.44. The number of carbonyl (C=O) groups excluding carboxylic acids is 1. The van der Waals surface area contributed by atoms with Gasteiger partial charge in [0.05, 0.1) is 36.0 Å². The van der Waals surface area contributed by atoms with Gasteiger partial charge in [-0.15, -0.1) is 5.10 Å². The lowest BCUT2D eigenvalue weighted by Crippen LogP contribution is -2.55. The average Bonchev–Trinajstić information content (AvgIpc) is 3.66. The van der Waals surface area contributed by atoms with Crippen LogP contribution in [0.25, 0.3) is 16.9 Å². The molecular weight excluding hydrogens is 568 g/mol. The van der Waals surface area contributed by atoms with Crippen molar-refractivity contribution in [3.05, 3.63) is 57.9 Å². The zero-order valence-electron chi connectivity index (χ0n) is 23.1. The van der Waals surface area contributed by atoms with Gasteiger partial charge in [0.2, 0.25) is 5.91 Å². The molecule has 3 saturated heterocycles. The van der Waals surface area contributed by atoms with Gasteiger partial charge < -0.3 is 10.6 Å². The van der Waals surface area contributed by atoms with Crippen molar-refractivity contribution in [1.82, 2.24) is 46.0 Å². The molecule has 42 heavy (non-hydrogen) atoms. The predicted molar refractivity (Wildman–Crippen MR) is 152 cm³/mol. The third-order valence-corrected chi connectivity index (χ3v) is 9.03. The van der Waals surface area contributed by atoms with Crippen molar-refractivity contribution in [1.29, 1.82) is 0 Å². The fourth-order valence-electron chi connectivity index (χ4n) is 6.54. The molecule has 2 aromatic heterocycles. The van der Waals surface area contributed by atoms with E-state index in [2.05, 4.69) is 36.8 Å². The van der Waals surface area contributed by atoms with Crippen LogP contribution in [0.2, 0.25) is 5.02 Å². The highest BCUT2D eigenvalue weighted by Gasteiger charge is 2.40. The van der Waals surface area contributed by atoms with Gasteiger partial charge in [-0.3, -0.25) is 25.0 Å². The number of carbonyl (C=O) groups is 1. The van der Waals surface area contributed by atoms with Gasteiger partial charge in [0.15, 0.2) is 0 Å². The Balaban J connectivity index is 1.33. The van der Waals surface area contributed by atoms with E-state index in [0.29, 0.717) is 47.3 Å². The number of halogens is 3. The van der Waals surface area contributed by atoms with E-state index in [1.165, 1.54) is 10.7 Å². The first-order chi connectivity index (χ1) is 20.3. The fraction of sp³-hybridized carbons (Fsp3) is 0.536. The number of nitrogens with zero attached hydrogens (tertiary/aromatic N) is 5. The third-order valence-electron chi connectivity index (χ3n) is 8.80. The number of rotatable bonds is 4. The third kappa shape index (κ3) is 5.83.